The number of carboxylic acid groups (broad SMARTS) is 1. The lowest BCUT2D eigenvalue weighted by molar-refractivity contribution is -0.139. The molecule has 4 rings (SSSR count). The molecule has 196 valence electrons. The number of carboxylic acids is 1. The number of benzene rings is 2. The molecule has 5 N–H and O–H groups in total. The number of halogens is 2. The fourth-order valence-electron chi connectivity index (χ4n) is 3.78. The Bertz CT molecular complexity index is 1490. The van der Waals surface area contributed by atoms with Crippen molar-refractivity contribution in [1.82, 2.24) is 30.5 Å². The van der Waals surface area contributed by atoms with Crippen LogP contribution in [0.25, 0.3) is 28.2 Å². The molecule has 13 heteroatoms. The number of pyridine rings is 1. The molecule has 4 aromatic rings. The Kier molecular flexibility index (Phi) is 7.55. The number of tetrazole rings is 1. The summed E-state index contributed by atoms with van der Waals surface area (Å²) in [6.45, 7) is 3.72. The summed E-state index contributed by atoms with van der Waals surface area (Å²) in [7, 11) is 0. The predicted molar refractivity (Wildman–Crippen MR) is 135 cm³/mol. The molecule has 0 spiro atoms. The first-order valence-electron chi connectivity index (χ1n) is 11.5. The van der Waals surface area contributed by atoms with Gasteiger partial charge < -0.3 is 21.5 Å². The Morgan fingerprint density at radius 3 is 2.61 bits per heavy atom. The van der Waals surface area contributed by atoms with Crippen LogP contribution in [-0.4, -0.2) is 48.3 Å². The molecule has 1 atom stereocenters. The van der Waals surface area contributed by atoms with Gasteiger partial charge in [0.2, 0.25) is 0 Å². The van der Waals surface area contributed by atoms with Crippen molar-refractivity contribution in [3.05, 3.63) is 66.4 Å². The first-order valence-corrected chi connectivity index (χ1v) is 11.5. The van der Waals surface area contributed by atoms with E-state index in [1.165, 1.54) is 18.3 Å². The zero-order chi connectivity index (χ0) is 27.4. The molecule has 0 aliphatic rings. The molecule has 2 amide bonds. The lowest BCUT2D eigenvalue weighted by atomic mass is 10.0. The highest BCUT2D eigenvalue weighted by atomic mass is 19.2. The van der Waals surface area contributed by atoms with Gasteiger partial charge in [-0.1, -0.05) is 32.0 Å². The summed E-state index contributed by atoms with van der Waals surface area (Å²) in [6, 6.07) is 10.3. The molecule has 0 bridgehead atoms. The second-order valence-electron chi connectivity index (χ2n) is 8.84. The number of carbonyl (C=O) groups is 2. The van der Waals surface area contributed by atoms with Crippen LogP contribution in [0.2, 0.25) is 0 Å². The Labute approximate surface area is 215 Å². The van der Waals surface area contributed by atoms with Gasteiger partial charge in [0, 0.05) is 17.4 Å². The third-order valence-corrected chi connectivity index (χ3v) is 5.55. The normalized spacial score (nSPS) is 11.8. The van der Waals surface area contributed by atoms with Crippen LogP contribution in [0.15, 0.2) is 54.7 Å². The lowest BCUT2D eigenvalue weighted by Crippen LogP contribution is -2.43. The van der Waals surface area contributed by atoms with Gasteiger partial charge in [0.05, 0.1) is 5.56 Å². The van der Waals surface area contributed by atoms with E-state index in [0.717, 1.165) is 10.7 Å². The predicted octanol–water partition coefficient (Wildman–Crippen LogP) is 3.87. The van der Waals surface area contributed by atoms with E-state index in [1.807, 2.05) is 13.8 Å². The van der Waals surface area contributed by atoms with Crippen LogP contribution in [0.4, 0.5) is 25.1 Å². The number of carbonyl (C=O) groups excluding carboxylic acids is 1. The number of amides is 2. The van der Waals surface area contributed by atoms with E-state index in [0.29, 0.717) is 16.8 Å². The van der Waals surface area contributed by atoms with Gasteiger partial charge in [-0.15, -0.1) is 5.10 Å². The summed E-state index contributed by atoms with van der Waals surface area (Å²) < 4.78 is 29.3. The topological polar surface area (TPSA) is 161 Å². The van der Waals surface area contributed by atoms with E-state index in [2.05, 4.69) is 31.1 Å². The van der Waals surface area contributed by atoms with Crippen molar-refractivity contribution in [1.29, 1.82) is 0 Å². The summed E-state index contributed by atoms with van der Waals surface area (Å²) >= 11 is 0. The molecule has 2 heterocycles. The molecule has 0 fully saturated rings. The molecule has 0 aliphatic heterocycles. The molecular formula is C25H24F2N8O3. The molecule has 0 aliphatic carbocycles. The van der Waals surface area contributed by atoms with Gasteiger partial charge in [0.1, 0.15) is 17.5 Å². The van der Waals surface area contributed by atoms with Crippen LogP contribution >= 0.6 is 0 Å². The molecule has 0 saturated carbocycles. The van der Waals surface area contributed by atoms with Gasteiger partial charge in [-0.3, -0.25) is 0 Å². The fraction of sp³-hybridized carbons (Fsp3) is 0.200. The SMILES string of the molecule is CC(C)C[C@H](NC(=O)Nc1cccc(-c2cnc(N)c(-c3nnnn3-c3cccc(F)c3F)c2)c1)C(=O)O. The second-order valence-corrected chi connectivity index (χ2v) is 8.84. The number of nitrogen functional groups attached to an aromatic ring is 1. The Hall–Kier alpha value is -4.94. The number of urea groups is 1. The van der Waals surface area contributed by atoms with Crippen molar-refractivity contribution in [2.75, 3.05) is 11.1 Å². The van der Waals surface area contributed by atoms with E-state index < -0.39 is 29.7 Å². The van der Waals surface area contributed by atoms with Crippen LogP contribution in [-0.2, 0) is 4.79 Å². The van der Waals surface area contributed by atoms with Crippen LogP contribution in [0.5, 0.6) is 0 Å². The van der Waals surface area contributed by atoms with Gasteiger partial charge in [-0.05, 0) is 58.7 Å². The number of aromatic nitrogens is 5. The molecule has 2 aromatic heterocycles. The first kappa shape index (κ1) is 26.1. The van der Waals surface area contributed by atoms with Gasteiger partial charge in [0.15, 0.2) is 17.5 Å². The largest absolute Gasteiger partial charge is 0.480 e. The summed E-state index contributed by atoms with van der Waals surface area (Å²) in [5.41, 5.74) is 7.73. The second kappa shape index (κ2) is 11.0. The van der Waals surface area contributed by atoms with Gasteiger partial charge in [-0.25, -0.2) is 23.4 Å². The van der Waals surface area contributed by atoms with Crippen molar-refractivity contribution in [3.63, 3.8) is 0 Å². The van der Waals surface area contributed by atoms with Gasteiger partial charge in [-0.2, -0.15) is 4.68 Å². The number of nitrogens with two attached hydrogens (primary N) is 1. The van der Waals surface area contributed by atoms with E-state index in [-0.39, 0.29) is 35.2 Å². The van der Waals surface area contributed by atoms with Gasteiger partial charge in [0.25, 0.3) is 0 Å². The average molecular weight is 523 g/mol. The Balaban J connectivity index is 1.61. The van der Waals surface area contributed by atoms with Crippen LogP contribution < -0.4 is 16.4 Å². The number of aliphatic carboxylic acids is 1. The third-order valence-electron chi connectivity index (χ3n) is 5.55. The van der Waals surface area contributed by atoms with E-state index >= 15 is 0 Å². The smallest absolute Gasteiger partial charge is 0.326 e. The first-order chi connectivity index (χ1) is 18.1. The van der Waals surface area contributed by atoms with Crippen molar-refractivity contribution in [2.45, 2.75) is 26.3 Å². The molecular weight excluding hydrogens is 498 g/mol. The van der Waals surface area contributed by atoms with E-state index in [9.17, 15) is 23.5 Å². The van der Waals surface area contributed by atoms with E-state index in [1.54, 1.807) is 30.3 Å². The Morgan fingerprint density at radius 2 is 1.87 bits per heavy atom. The molecule has 2 aromatic carbocycles. The van der Waals surface area contributed by atoms with Crippen molar-refractivity contribution in [3.8, 4) is 28.2 Å². The summed E-state index contributed by atoms with van der Waals surface area (Å²) in [4.78, 5) is 28.1. The van der Waals surface area contributed by atoms with Gasteiger partial charge >= 0.3 is 12.0 Å². The maximum absolute atomic E-state index is 14.4. The standard InChI is InChI=1S/C25H24F2N8O3/c1-13(2)9-19(24(36)37)31-25(38)30-16-6-3-5-14(10-16)15-11-17(22(28)29-12-15)23-32-33-34-35(23)20-8-4-7-18(26)21(20)27/h3-8,10-13,19H,9H2,1-2H3,(H2,28,29)(H,36,37)(H2,30,31,38)/t19-/m0/s1. The molecule has 0 unspecified atom stereocenters. The van der Waals surface area contributed by atoms with Crippen molar-refractivity contribution in [2.24, 2.45) is 5.92 Å². The molecule has 11 nitrogen and oxygen atoms in total. The zero-order valence-electron chi connectivity index (χ0n) is 20.4. The fourth-order valence-corrected chi connectivity index (χ4v) is 3.78. The third kappa shape index (κ3) is 5.72. The highest BCUT2D eigenvalue weighted by Crippen LogP contribution is 2.31. The minimum atomic E-state index is -1.13. The number of nitrogens with zero attached hydrogens (tertiary/aromatic N) is 5. The minimum absolute atomic E-state index is 0.0415. The molecule has 0 radical (unpaired) electrons. The van der Waals surface area contributed by atoms with Crippen LogP contribution in [0.3, 0.4) is 0 Å². The summed E-state index contributed by atoms with van der Waals surface area (Å²) in [5, 5.41) is 25.7. The maximum atomic E-state index is 14.4. The highest BCUT2D eigenvalue weighted by molar-refractivity contribution is 5.93. The number of hydrogen-bond acceptors (Lipinski definition) is 7. The van der Waals surface area contributed by atoms with Crippen molar-refractivity contribution >= 4 is 23.5 Å². The quantitative estimate of drug-likeness (QED) is 0.271. The average Bonchev–Trinajstić information content (AvgIpc) is 3.35. The summed E-state index contributed by atoms with van der Waals surface area (Å²) in [5.74, 6) is -3.13. The number of nitrogens with one attached hydrogen (secondary N) is 2. The van der Waals surface area contributed by atoms with Crippen molar-refractivity contribution < 1.29 is 23.5 Å². The van der Waals surface area contributed by atoms with Crippen LogP contribution in [0, 0.1) is 17.6 Å². The molecule has 0 saturated heterocycles. The lowest BCUT2D eigenvalue weighted by Gasteiger charge is -2.17. The highest BCUT2D eigenvalue weighted by Gasteiger charge is 2.22. The van der Waals surface area contributed by atoms with E-state index in [4.69, 9.17) is 5.73 Å². The Morgan fingerprint density at radius 1 is 1.11 bits per heavy atom. The summed E-state index contributed by atoms with van der Waals surface area (Å²) in [6.07, 6.45) is 1.78. The van der Waals surface area contributed by atoms with Crippen LogP contribution in [0.1, 0.15) is 20.3 Å². The maximum Gasteiger partial charge on any atom is 0.326 e. The number of anilines is 2. The monoisotopic (exact) mass is 522 g/mol. The molecule has 38 heavy (non-hydrogen) atoms. The minimum Gasteiger partial charge on any atom is -0.480 e. The number of rotatable bonds is 8. The zero-order valence-corrected chi connectivity index (χ0v) is 20.4. The number of hydrogen-bond donors (Lipinski definition) is 4.